The summed E-state index contributed by atoms with van der Waals surface area (Å²) >= 11 is 1.67. The Kier molecular flexibility index (Phi) is 4.46. The van der Waals surface area contributed by atoms with Gasteiger partial charge in [-0.25, -0.2) is 9.67 Å². The van der Waals surface area contributed by atoms with Crippen molar-refractivity contribution in [3.05, 3.63) is 6.33 Å². The Morgan fingerprint density at radius 2 is 2.53 bits per heavy atom. The van der Waals surface area contributed by atoms with Gasteiger partial charge in [0.05, 0.1) is 0 Å². The fourth-order valence-corrected chi connectivity index (χ4v) is 3.89. The molecular weight excluding hydrogens is 262 g/mol. The molecule has 2 rings (SSSR count). The summed E-state index contributed by atoms with van der Waals surface area (Å²) in [5, 5.41) is 8.11. The van der Waals surface area contributed by atoms with Crippen molar-refractivity contribution in [1.82, 2.24) is 20.1 Å². The third-order valence-electron chi connectivity index (χ3n) is 4.07. The van der Waals surface area contributed by atoms with E-state index < -0.39 is 5.54 Å². The number of likely N-dealkylation sites (N-methyl/N-ethyl adjacent to an activating group) is 1. The summed E-state index contributed by atoms with van der Waals surface area (Å²) in [6.07, 6.45) is 5.48. The van der Waals surface area contributed by atoms with E-state index in [1.165, 1.54) is 0 Å². The lowest BCUT2D eigenvalue weighted by Crippen LogP contribution is -2.56. The molecule has 1 aromatic rings. The van der Waals surface area contributed by atoms with Crippen LogP contribution in [0.2, 0.25) is 0 Å². The van der Waals surface area contributed by atoms with Gasteiger partial charge in [0.2, 0.25) is 5.91 Å². The second-order valence-corrected chi connectivity index (χ2v) is 6.04. The maximum Gasteiger partial charge on any atom is 0.238 e. The first kappa shape index (κ1) is 14.3. The summed E-state index contributed by atoms with van der Waals surface area (Å²) in [6, 6.07) is 0. The van der Waals surface area contributed by atoms with Gasteiger partial charge in [-0.15, -0.1) is 0 Å². The molecule has 7 heteroatoms. The number of amides is 1. The van der Waals surface area contributed by atoms with Gasteiger partial charge in [-0.05, 0) is 32.2 Å². The average molecular weight is 283 g/mol. The summed E-state index contributed by atoms with van der Waals surface area (Å²) in [4.78, 5) is 15.9. The molecular formula is C12H21N5OS. The number of aromatic nitrogens is 3. The highest BCUT2D eigenvalue weighted by Crippen LogP contribution is 2.38. The fourth-order valence-electron chi connectivity index (χ4n) is 2.95. The number of nitrogens with zero attached hydrogens (tertiary/aromatic N) is 3. The molecule has 19 heavy (non-hydrogen) atoms. The molecule has 0 aromatic carbocycles. The monoisotopic (exact) mass is 283 g/mol. The average Bonchev–Trinajstić information content (AvgIpc) is 2.97. The van der Waals surface area contributed by atoms with Crippen LogP contribution in [0.25, 0.3) is 0 Å². The molecule has 1 fully saturated rings. The van der Waals surface area contributed by atoms with Gasteiger partial charge >= 0.3 is 0 Å². The second kappa shape index (κ2) is 5.92. The molecule has 0 spiro atoms. The standard InChI is InChI=1S/C12H21N5OS/c1-14-12(10(13)18)6-3-4-9(12)5-7-19-11-15-8-16-17(11)2/h8-9,14H,3-7H2,1-2H3,(H2,13,18). The van der Waals surface area contributed by atoms with E-state index in [4.69, 9.17) is 5.73 Å². The van der Waals surface area contributed by atoms with Gasteiger partial charge < -0.3 is 11.1 Å². The third kappa shape index (κ3) is 2.76. The summed E-state index contributed by atoms with van der Waals surface area (Å²) in [5.74, 6) is 1.02. The predicted octanol–water partition coefficient (Wildman–Crippen LogP) is 0.541. The van der Waals surface area contributed by atoms with E-state index in [2.05, 4.69) is 15.4 Å². The Balaban J connectivity index is 1.92. The molecule has 3 N–H and O–H groups in total. The molecule has 1 aliphatic rings. The number of primary amides is 1. The first-order valence-electron chi connectivity index (χ1n) is 6.56. The molecule has 2 atom stereocenters. The Hall–Kier alpha value is -1.08. The molecule has 0 radical (unpaired) electrons. The van der Waals surface area contributed by atoms with Gasteiger partial charge in [-0.2, -0.15) is 5.10 Å². The number of carbonyl (C=O) groups excluding carboxylic acids is 1. The summed E-state index contributed by atoms with van der Waals surface area (Å²) < 4.78 is 1.76. The minimum atomic E-state index is -0.513. The lowest BCUT2D eigenvalue weighted by atomic mass is 9.84. The van der Waals surface area contributed by atoms with Gasteiger partial charge in [0.15, 0.2) is 5.16 Å². The molecule has 106 valence electrons. The number of nitrogens with one attached hydrogen (secondary N) is 1. The number of thioether (sulfide) groups is 1. The van der Waals surface area contributed by atoms with Crippen molar-refractivity contribution in [3.8, 4) is 0 Å². The van der Waals surface area contributed by atoms with Crippen LogP contribution in [0.15, 0.2) is 11.5 Å². The van der Waals surface area contributed by atoms with Crippen molar-refractivity contribution in [2.75, 3.05) is 12.8 Å². The fraction of sp³-hybridized carbons (Fsp3) is 0.750. The summed E-state index contributed by atoms with van der Waals surface area (Å²) in [7, 11) is 3.71. The molecule has 1 aromatic heterocycles. The smallest absolute Gasteiger partial charge is 0.238 e. The maximum atomic E-state index is 11.7. The molecule has 0 aliphatic heterocycles. The minimum absolute atomic E-state index is 0.221. The van der Waals surface area contributed by atoms with Gasteiger partial charge in [0.1, 0.15) is 11.9 Å². The zero-order valence-electron chi connectivity index (χ0n) is 11.4. The van der Waals surface area contributed by atoms with E-state index in [9.17, 15) is 4.79 Å². The normalized spacial score (nSPS) is 26.7. The van der Waals surface area contributed by atoms with Crippen molar-refractivity contribution in [2.45, 2.75) is 36.4 Å². The zero-order chi connectivity index (χ0) is 13.9. The van der Waals surface area contributed by atoms with Crippen LogP contribution in [0.1, 0.15) is 25.7 Å². The molecule has 0 bridgehead atoms. The Morgan fingerprint density at radius 3 is 3.11 bits per heavy atom. The molecule has 1 aliphatic carbocycles. The van der Waals surface area contributed by atoms with Crippen molar-refractivity contribution in [1.29, 1.82) is 0 Å². The number of carbonyl (C=O) groups is 1. The Morgan fingerprint density at radius 1 is 1.74 bits per heavy atom. The zero-order valence-corrected chi connectivity index (χ0v) is 12.2. The molecule has 1 amide bonds. The van der Waals surface area contributed by atoms with Crippen molar-refractivity contribution in [3.63, 3.8) is 0 Å². The molecule has 1 heterocycles. The number of hydrogen-bond acceptors (Lipinski definition) is 5. The maximum absolute atomic E-state index is 11.7. The van der Waals surface area contributed by atoms with Gasteiger partial charge in [-0.3, -0.25) is 4.79 Å². The lowest BCUT2D eigenvalue weighted by Gasteiger charge is -2.32. The predicted molar refractivity (Wildman–Crippen MR) is 74.7 cm³/mol. The first-order valence-corrected chi connectivity index (χ1v) is 7.54. The Labute approximate surface area is 117 Å². The van der Waals surface area contributed by atoms with E-state index in [-0.39, 0.29) is 5.91 Å². The third-order valence-corrected chi connectivity index (χ3v) is 5.14. The second-order valence-electron chi connectivity index (χ2n) is 4.98. The van der Waals surface area contributed by atoms with E-state index in [1.54, 1.807) is 22.8 Å². The van der Waals surface area contributed by atoms with Crippen molar-refractivity contribution < 1.29 is 4.79 Å². The van der Waals surface area contributed by atoms with Gasteiger partial charge in [-0.1, -0.05) is 18.2 Å². The van der Waals surface area contributed by atoms with E-state index in [0.717, 1.165) is 36.6 Å². The van der Waals surface area contributed by atoms with Crippen LogP contribution in [0.5, 0.6) is 0 Å². The van der Waals surface area contributed by atoms with Crippen molar-refractivity contribution in [2.24, 2.45) is 18.7 Å². The van der Waals surface area contributed by atoms with Crippen LogP contribution in [-0.4, -0.2) is 39.0 Å². The largest absolute Gasteiger partial charge is 0.368 e. The van der Waals surface area contributed by atoms with Crippen molar-refractivity contribution >= 4 is 17.7 Å². The quantitative estimate of drug-likeness (QED) is 0.744. The van der Waals surface area contributed by atoms with E-state index in [0.29, 0.717) is 5.92 Å². The summed E-state index contributed by atoms with van der Waals surface area (Å²) in [6.45, 7) is 0. The molecule has 2 unspecified atom stereocenters. The number of rotatable bonds is 6. The number of nitrogens with two attached hydrogens (primary N) is 1. The van der Waals surface area contributed by atoms with Crippen LogP contribution >= 0.6 is 11.8 Å². The van der Waals surface area contributed by atoms with Crippen LogP contribution in [0.3, 0.4) is 0 Å². The number of hydrogen-bond donors (Lipinski definition) is 2. The molecule has 0 saturated heterocycles. The topological polar surface area (TPSA) is 85.8 Å². The lowest BCUT2D eigenvalue weighted by molar-refractivity contribution is -0.125. The van der Waals surface area contributed by atoms with Crippen LogP contribution in [0.4, 0.5) is 0 Å². The minimum Gasteiger partial charge on any atom is -0.368 e. The summed E-state index contributed by atoms with van der Waals surface area (Å²) in [5.41, 5.74) is 5.08. The van der Waals surface area contributed by atoms with Crippen LogP contribution in [0, 0.1) is 5.92 Å². The Bertz CT molecular complexity index is 449. The molecule has 6 nitrogen and oxygen atoms in total. The number of aryl methyl sites for hydroxylation is 1. The van der Waals surface area contributed by atoms with Gasteiger partial charge in [0, 0.05) is 12.8 Å². The highest BCUT2D eigenvalue weighted by molar-refractivity contribution is 7.99. The van der Waals surface area contributed by atoms with Crippen LogP contribution < -0.4 is 11.1 Å². The first-order chi connectivity index (χ1) is 9.10. The van der Waals surface area contributed by atoms with E-state index >= 15 is 0 Å². The highest BCUT2D eigenvalue weighted by Gasteiger charge is 2.45. The SMILES string of the molecule is CNC1(C(N)=O)CCCC1CCSc1ncnn1C. The molecule has 1 saturated carbocycles. The van der Waals surface area contributed by atoms with E-state index in [1.807, 2.05) is 14.1 Å². The van der Waals surface area contributed by atoms with Crippen LogP contribution in [-0.2, 0) is 11.8 Å². The van der Waals surface area contributed by atoms with Gasteiger partial charge in [0.25, 0.3) is 0 Å². The highest BCUT2D eigenvalue weighted by atomic mass is 32.2.